The molecule has 0 aromatic rings. The van der Waals surface area contributed by atoms with Gasteiger partial charge in [-0.2, -0.15) is 0 Å². The van der Waals surface area contributed by atoms with E-state index in [2.05, 4.69) is 12.2 Å². The SMILES string of the molecule is CCCCCCCCCCCCCC(=O)OCCCNCCCN. The molecule has 0 fully saturated rings. The van der Waals surface area contributed by atoms with Crippen molar-refractivity contribution in [2.45, 2.75) is 96.8 Å². The van der Waals surface area contributed by atoms with Crippen molar-refractivity contribution in [2.75, 3.05) is 26.2 Å². The van der Waals surface area contributed by atoms with E-state index in [-0.39, 0.29) is 5.97 Å². The Kier molecular flexibility index (Phi) is 19.9. The van der Waals surface area contributed by atoms with Gasteiger partial charge in [0.05, 0.1) is 6.61 Å². The van der Waals surface area contributed by atoms with Crippen LogP contribution < -0.4 is 11.1 Å². The minimum Gasteiger partial charge on any atom is -0.466 e. The number of hydrogen-bond donors (Lipinski definition) is 2. The maximum absolute atomic E-state index is 11.6. The van der Waals surface area contributed by atoms with E-state index in [1.807, 2.05) is 0 Å². The van der Waals surface area contributed by atoms with Crippen LogP contribution in [0.25, 0.3) is 0 Å². The molecule has 0 rings (SSSR count). The van der Waals surface area contributed by atoms with Gasteiger partial charge in [0.1, 0.15) is 0 Å². The highest BCUT2D eigenvalue weighted by atomic mass is 16.5. The van der Waals surface area contributed by atoms with Crippen LogP contribution in [0.5, 0.6) is 0 Å². The van der Waals surface area contributed by atoms with Crippen LogP contribution >= 0.6 is 0 Å². The standard InChI is InChI=1S/C20H42N2O2/c1-2-3-4-5-6-7-8-9-10-11-12-15-20(23)24-19-14-18-22-17-13-16-21/h22H,2-19,21H2,1H3. The maximum Gasteiger partial charge on any atom is 0.305 e. The fraction of sp³-hybridized carbons (Fsp3) is 0.950. The van der Waals surface area contributed by atoms with Crippen LogP contribution in [0.3, 0.4) is 0 Å². The van der Waals surface area contributed by atoms with Gasteiger partial charge in [-0.3, -0.25) is 4.79 Å². The summed E-state index contributed by atoms with van der Waals surface area (Å²) in [7, 11) is 0. The molecule has 3 N–H and O–H groups in total. The third-order valence-electron chi connectivity index (χ3n) is 4.30. The van der Waals surface area contributed by atoms with E-state index < -0.39 is 0 Å². The van der Waals surface area contributed by atoms with Crippen molar-refractivity contribution >= 4 is 5.97 Å². The Morgan fingerprint density at radius 3 is 1.92 bits per heavy atom. The summed E-state index contributed by atoms with van der Waals surface area (Å²) in [6.07, 6.45) is 16.8. The number of rotatable bonds is 19. The van der Waals surface area contributed by atoms with Crippen molar-refractivity contribution in [3.63, 3.8) is 0 Å². The van der Waals surface area contributed by atoms with Crippen LogP contribution in [0, 0.1) is 0 Å². The number of ether oxygens (including phenoxy) is 1. The molecular formula is C20H42N2O2. The highest BCUT2D eigenvalue weighted by molar-refractivity contribution is 5.69. The maximum atomic E-state index is 11.6. The molecule has 0 radical (unpaired) electrons. The quantitative estimate of drug-likeness (QED) is 0.267. The number of nitrogens with one attached hydrogen (secondary N) is 1. The van der Waals surface area contributed by atoms with E-state index in [1.54, 1.807) is 0 Å². The van der Waals surface area contributed by atoms with E-state index in [4.69, 9.17) is 10.5 Å². The van der Waals surface area contributed by atoms with Gasteiger partial charge in [0.25, 0.3) is 0 Å². The molecule has 0 spiro atoms. The summed E-state index contributed by atoms with van der Waals surface area (Å²) in [5, 5.41) is 3.28. The van der Waals surface area contributed by atoms with E-state index in [0.717, 1.165) is 45.3 Å². The first-order chi connectivity index (χ1) is 11.8. The number of nitrogens with two attached hydrogens (primary N) is 1. The lowest BCUT2D eigenvalue weighted by molar-refractivity contribution is -0.143. The summed E-state index contributed by atoms with van der Waals surface area (Å²) in [4.78, 5) is 11.6. The number of unbranched alkanes of at least 4 members (excludes halogenated alkanes) is 10. The average molecular weight is 343 g/mol. The second-order valence-corrected chi connectivity index (χ2v) is 6.75. The molecular weight excluding hydrogens is 300 g/mol. The lowest BCUT2D eigenvalue weighted by Crippen LogP contribution is -2.20. The minimum atomic E-state index is -0.0344. The molecule has 0 aromatic heterocycles. The first kappa shape index (κ1) is 23.4. The van der Waals surface area contributed by atoms with Gasteiger partial charge in [-0.25, -0.2) is 0 Å². The summed E-state index contributed by atoms with van der Waals surface area (Å²) >= 11 is 0. The van der Waals surface area contributed by atoms with Gasteiger partial charge in [0, 0.05) is 6.42 Å². The molecule has 0 aliphatic carbocycles. The second-order valence-electron chi connectivity index (χ2n) is 6.75. The smallest absolute Gasteiger partial charge is 0.305 e. The fourth-order valence-corrected chi connectivity index (χ4v) is 2.74. The van der Waals surface area contributed by atoms with E-state index >= 15 is 0 Å². The molecule has 0 heterocycles. The van der Waals surface area contributed by atoms with Crippen LogP contribution in [-0.4, -0.2) is 32.2 Å². The van der Waals surface area contributed by atoms with Crippen molar-refractivity contribution in [1.29, 1.82) is 0 Å². The molecule has 0 unspecified atom stereocenters. The number of carbonyl (C=O) groups is 1. The third kappa shape index (κ3) is 19.4. The minimum absolute atomic E-state index is 0.0344. The molecule has 0 aliphatic heterocycles. The molecule has 0 bridgehead atoms. The normalized spacial score (nSPS) is 10.9. The average Bonchev–Trinajstić information content (AvgIpc) is 2.59. The zero-order valence-corrected chi connectivity index (χ0v) is 16.1. The summed E-state index contributed by atoms with van der Waals surface area (Å²) in [6, 6.07) is 0. The Bertz CT molecular complexity index is 260. The molecule has 0 saturated heterocycles. The summed E-state index contributed by atoms with van der Waals surface area (Å²) < 4.78 is 5.24. The molecule has 0 aromatic carbocycles. The number of hydrogen-bond acceptors (Lipinski definition) is 4. The van der Waals surface area contributed by atoms with Gasteiger partial charge in [-0.05, 0) is 38.9 Å². The van der Waals surface area contributed by atoms with Crippen LogP contribution in [0.1, 0.15) is 96.8 Å². The van der Waals surface area contributed by atoms with Crippen LogP contribution in [0.2, 0.25) is 0 Å². The molecule has 0 aliphatic rings. The van der Waals surface area contributed by atoms with Crippen LogP contribution in [0.15, 0.2) is 0 Å². The number of esters is 1. The van der Waals surface area contributed by atoms with Crippen molar-refractivity contribution < 1.29 is 9.53 Å². The first-order valence-electron chi connectivity index (χ1n) is 10.4. The van der Waals surface area contributed by atoms with Crippen molar-refractivity contribution in [3.8, 4) is 0 Å². The second kappa shape index (κ2) is 20.4. The van der Waals surface area contributed by atoms with Gasteiger partial charge in [0.15, 0.2) is 0 Å². The molecule has 0 saturated carbocycles. The zero-order valence-electron chi connectivity index (χ0n) is 16.1. The van der Waals surface area contributed by atoms with Crippen LogP contribution in [-0.2, 0) is 9.53 Å². The van der Waals surface area contributed by atoms with Crippen molar-refractivity contribution in [1.82, 2.24) is 5.32 Å². The largest absolute Gasteiger partial charge is 0.466 e. The Hall–Kier alpha value is -0.610. The highest BCUT2D eigenvalue weighted by Crippen LogP contribution is 2.12. The van der Waals surface area contributed by atoms with Crippen molar-refractivity contribution in [3.05, 3.63) is 0 Å². The van der Waals surface area contributed by atoms with Gasteiger partial charge in [-0.1, -0.05) is 71.1 Å². The van der Waals surface area contributed by atoms with E-state index in [9.17, 15) is 4.79 Å². The van der Waals surface area contributed by atoms with Gasteiger partial charge in [0.2, 0.25) is 0 Å². The molecule has 0 amide bonds. The molecule has 4 nitrogen and oxygen atoms in total. The fourth-order valence-electron chi connectivity index (χ4n) is 2.74. The van der Waals surface area contributed by atoms with Crippen molar-refractivity contribution in [2.24, 2.45) is 5.73 Å². The van der Waals surface area contributed by atoms with E-state index in [1.165, 1.54) is 57.8 Å². The van der Waals surface area contributed by atoms with Gasteiger partial charge in [-0.15, -0.1) is 0 Å². The first-order valence-corrected chi connectivity index (χ1v) is 10.4. The molecule has 0 atom stereocenters. The lowest BCUT2D eigenvalue weighted by Gasteiger charge is -2.06. The van der Waals surface area contributed by atoms with E-state index in [0.29, 0.717) is 13.0 Å². The summed E-state index contributed by atoms with van der Waals surface area (Å²) in [5.74, 6) is -0.0344. The predicted molar refractivity (Wildman–Crippen MR) is 103 cm³/mol. The lowest BCUT2D eigenvalue weighted by atomic mass is 10.1. The third-order valence-corrected chi connectivity index (χ3v) is 4.30. The highest BCUT2D eigenvalue weighted by Gasteiger charge is 2.02. The Balaban J connectivity index is 3.12. The monoisotopic (exact) mass is 342 g/mol. The predicted octanol–water partition coefficient (Wildman–Crippen LogP) is 4.56. The van der Waals surface area contributed by atoms with Gasteiger partial charge < -0.3 is 15.8 Å². The zero-order chi connectivity index (χ0) is 17.7. The topological polar surface area (TPSA) is 64.3 Å². The summed E-state index contributed by atoms with van der Waals surface area (Å²) in [5.41, 5.74) is 5.41. The molecule has 144 valence electrons. The number of carbonyl (C=O) groups excluding carboxylic acids is 1. The molecule has 24 heavy (non-hydrogen) atoms. The Morgan fingerprint density at radius 2 is 1.33 bits per heavy atom. The Labute approximate surface area is 150 Å². The summed E-state index contributed by atoms with van der Waals surface area (Å²) in [6.45, 7) is 5.36. The molecule has 4 heteroatoms. The van der Waals surface area contributed by atoms with Gasteiger partial charge >= 0.3 is 5.97 Å². The Morgan fingerprint density at radius 1 is 0.792 bits per heavy atom. The van der Waals surface area contributed by atoms with Crippen LogP contribution in [0.4, 0.5) is 0 Å².